The third kappa shape index (κ3) is 3.87. The smallest absolute Gasteiger partial charge is 0.293 e. The number of fused-ring (bicyclic) bond motifs is 1. The van der Waals surface area contributed by atoms with Crippen molar-refractivity contribution in [2.45, 2.75) is 45.7 Å². The van der Waals surface area contributed by atoms with Crippen LogP contribution >= 0.6 is 0 Å². The number of benzene rings is 1. The molecule has 0 saturated carbocycles. The number of halogens is 1. The van der Waals surface area contributed by atoms with E-state index in [1.165, 1.54) is 6.07 Å². The van der Waals surface area contributed by atoms with Gasteiger partial charge in [0.25, 0.3) is 17.6 Å². The average molecular weight is 446 g/mol. The standard InChI is InChI=1S/C22H24FN3O4S/c1-12-6-7-14(9-15(12)23)24-20(28)18-13(2)17(16-5-4-8-26(16)18)19(27)21(29)25-22(3)10-31(30)11-22/h6-7,9H,4-5,8,10-11H2,1-3H3,(H,24,28)(H,25,29)/t22-,31-. The van der Waals surface area contributed by atoms with E-state index in [2.05, 4.69) is 10.6 Å². The molecule has 0 spiro atoms. The van der Waals surface area contributed by atoms with Crippen LogP contribution in [0.15, 0.2) is 18.2 Å². The van der Waals surface area contributed by atoms with E-state index in [1.807, 2.05) is 0 Å². The summed E-state index contributed by atoms with van der Waals surface area (Å²) >= 11 is -0.974. The molecule has 1 aromatic heterocycles. The number of carbonyl (C=O) groups excluding carboxylic acids is 3. The van der Waals surface area contributed by atoms with Crippen molar-refractivity contribution in [2.24, 2.45) is 0 Å². The van der Waals surface area contributed by atoms with Gasteiger partial charge in [0.1, 0.15) is 28.6 Å². The third-order valence-corrected chi connectivity index (χ3v) is 7.78. The Bertz CT molecular complexity index is 1100. The Kier molecular flexibility index (Phi) is 5.43. The van der Waals surface area contributed by atoms with Gasteiger partial charge in [0.15, 0.2) is 0 Å². The monoisotopic (exact) mass is 445 g/mol. The van der Waals surface area contributed by atoms with Gasteiger partial charge in [0.2, 0.25) is 0 Å². The zero-order valence-corrected chi connectivity index (χ0v) is 18.5. The predicted octanol–water partition coefficient (Wildman–Crippen LogP) is 2.26. The second kappa shape index (κ2) is 7.80. The van der Waals surface area contributed by atoms with Crippen LogP contribution in [0.25, 0.3) is 0 Å². The highest BCUT2D eigenvalue weighted by Crippen LogP contribution is 2.31. The Labute approximate surface area is 182 Å². The number of anilines is 1. The van der Waals surface area contributed by atoms with Gasteiger partial charge >= 0.3 is 0 Å². The fourth-order valence-electron chi connectivity index (χ4n) is 4.36. The van der Waals surface area contributed by atoms with E-state index in [0.717, 1.165) is 6.42 Å². The van der Waals surface area contributed by atoms with Crippen molar-refractivity contribution >= 4 is 34.5 Å². The number of rotatable bonds is 5. The van der Waals surface area contributed by atoms with Crippen LogP contribution in [0.4, 0.5) is 10.1 Å². The maximum atomic E-state index is 13.9. The zero-order chi connectivity index (χ0) is 22.5. The zero-order valence-electron chi connectivity index (χ0n) is 17.6. The topological polar surface area (TPSA) is 103 Å². The predicted molar refractivity (Wildman–Crippen MR) is 115 cm³/mol. The average Bonchev–Trinajstić information content (AvgIpc) is 3.22. The molecule has 0 atom stereocenters. The number of carbonyl (C=O) groups is 3. The van der Waals surface area contributed by atoms with E-state index in [4.69, 9.17) is 0 Å². The molecule has 3 heterocycles. The lowest BCUT2D eigenvalue weighted by Crippen LogP contribution is -2.64. The van der Waals surface area contributed by atoms with Crippen LogP contribution in [0.5, 0.6) is 0 Å². The summed E-state index contributed by atoms with van der Waals surface area (Å²) < 4.78 is 27.0. The first-order valence-corrected chi connectivity index (χ1v) is 11.6. The highest BCUT2D eigenvalue weighted by molar-refractivity contribution is 7.93. The van der Waals surface area contributed by atoms with Crippen molar-refractivity contribution < 1.29 is 23.3 Å². The normalized spacial score (nSPS) is 21.9. The van der Waals surface area contributed by atoms with Crippen molar-refractivity contribution in [3.8, 4) is 0 Å². The Hall–Kier alpha value is -2.65. The van der Waals surface area contributed by atoms with E-state index in [9.17, 15) is 23.3 Å². The van der Waals surface area contributed by atoms with Crippen LogP contribution in [0.2, 0.25) is 0 Å². The summed E-state index contributed by atoms with van der Waals surface area (Å²) in [6, 6.07) is 4.44. The number of aryl methyl sites for hydroxylation is 1. The molecular weight excluding hydrogens is 421 g/mol. The molecule has 4 rings (SSSR count). The van der Waals surface area contributed by atoms with E-state index in [0.29, 0.717) is 52.7 Å². The molecule has 2 amide bonds. The molecule has 9 heteroatoms. The summed E-state index contributed by atoms with van der Waals surface area (Å²) in [5.41, 5.74) is 1.80. The van der Waals surface area contributed by atoms with Crippen LogP contribution in [-0.4, -0.2) is 43.8 Å². The van der Waals surface area contributed by atoms with Gasteiger partial charge in [-0.2, -0.15) is 0 Å². The first-order chi connectivity index (χ1) is 14.6. The third-order valence-electron chi connectivity index (χ3n) is 5.86. The molecule has 7 nitrogen and oxygen atoms in total. The Balaban J connectivity index is 1.61. The molecular formula is C22H24FN3O4S. The van der Waals surface area contributed by atoms with E-state index < -0.39 is 40.1 Å². The van der Waals surface area contributed by atoms with Crippen LogP contribution in [0.1, 0.15) is 51.0 Å². The van der Waals surface area contributed by atoms with Gasteiger partial charge in [-0.25, -0.2) is 4.39 Å². The van der Waals surface area contributed by atoms with Gasteiger partial charge in [0.05, 0.1) is 5.56 Å². The lowest BCUT2D eigenvalue weighted by Gasteiger charge is -2.39. The molecule has 1 saturated heterocycles. The molecule has 2 aliphatic rings. The number of aromatic nitrogens is 1. The maximum Gasteiger partial charge on any atom is 0.293 e. The molecule has 2 aliphatic heterocycles. The van der Waals surface area contributed by atoms with E-state index in [-0.39, 0.29) is 5.56 Å². The second-order valence-electron chi connectivity index (χ2n) is 8.54. The summed E-state index contributed by atoms with van der Waals surface area (Å²) in [7, 11) is 0. The quantitative estimate of drug-likeness (QED) is 0.419. The van der Waals surface area contributed by atoms with Gasteiger partial charge in [0, 0.05) is 17.9 Å². The summed E-state index contributed by atoms with van der Waals surface area (Å²) in [5.74, 6) is -1.69. The summed E-state index contributed by atoms with van der Waals surface area (Å²) in [6.07, 6.45) is 1.34. The van der Waals surface area contributed by atoms with Crippen molar-refractivity contribution in [1.29, 1.82) is 0 Å². The highest BCUT2D eigenvalue weighted by Gasteiger charge is 2.47. The molecule has 164 valence electrons. The Morgan fingerprint density at radius 3 is 2.58 bits per heavy atom. The largest absolute Gasteiger partial charge is 0.616 e. The lowest BCUT2D eigenvalue weighted by atomic mass is 10.0. The number of ketones is 1. The number of hydrogen-bond donors (Lipinski definition) is 2. The minimum absolute atomic E-state index is 0.249. The van der Waals surface area contributed by atoms with Gasteiger partial charge < -0.3 is 19.8 Å². The molecule has 31 heavy (non-hydrogen) atoms. The summed E-state index contributed by atoms with van der Waals surface area (Å²) in [4.78, 5) is 38.7. The van der Waals surface area contributed by atoms with Crippen LogP contribution < -0.4 is 10.6 Å². The molecule has 2 N–H and O–H groups in total. The first kappa shape index (κ1) is 21.6. The molecule has 0 bridgehead atoms. The number of amides is 2. The van der Waals surface area contributed by atoms with E-state index >= 15 is 0 Å². The van der Waals surface area contributed by atoms with Crippen molar-refractivity contribution in [2.75, 3.05) is 16.8 Å². The van der Waals surface area contributed by atoms with Gasteiger partial charge in [-0.05, 0) is 68.0 Å². The number of hydrogen-bond acceptors (Lipinski definition) is 4. The van der Waals surface area contributed by atoms with Gasteiger partial charge in [-0.1, -0.05) is 6.07 Å². The number of nitrogens with one attached hydrogen (secondary N) is 2. The Morgan fingerprint density at radius 1 is 1.23 bits per heavy atom. The fourth-order valence-corrected chi connectivity index (χ4v) is 5.84. The summed E-state index contributed by atoms with van der Waals surface area (Å²) in [6.45, 7) is 5.61. The minimum atomic E-state index is -0.974. The maximum absolute atomic E-state index is 13.9. The Morgan fingerprint density at radius 2 is 1.94 bits per heavy atom. The fraction of sp³-hybridized carbons (Fsp3) is 0.409. The molecule has 0 unspecified atom stereocenters. The second-order valence-corrected chi connectivity index (χ2v) is 10.00. The van der Waals surface area contributed by atoms with Crippen LogP contribution in [0.3, 0.4) is 0 Å². The molecule has 0 radical (unpaired) electrons. The molecule has 1 fully saturated rings. The number of nitrogens with zero attached hydrogens (tertiary/aromatic N) is 1. The molecule has 2 aromatic rings. The minimum Gasteiger partial charge on any atom is -0.616 e. The lowest BCUT2D eigenvalue weighted by molar-refractivity contribution is -0.118. The summed E-state index contributed by atoms with van der Waals surface area (Å²) in [5, 5.41) is 5.39. The van der Waals surface area contributed by atoms with Crippen molar-refractivity contribution in [3.05, 3.63) is 52.1 Å². The first-order valence-electron chi connectivity index (χ1n) is 10.1. The van der Waals surface area contributed by atoms with Crippen molar-refractivity contribution in [1.82, 2.24) is 9.88 Å². The van der Waals surface area contributed by atoms with Gasteiger partial charge in [-0.3, -0.25) is 14.4 Å². The molecule has 0 aliphatic carbocycles. The van der Waals surface area contributed by atoms with Crippen molar-refractivity contribution in [3.63, 3.8) is 0 Å². The number of Topliss-reactive ketones (excluding diaryl/α,β-unsaturated/α-hetero) is 1. The van der Waals surface area contributed by atoms with Crippen LogP contribution in [-0.2, 0) is 28.9 Å². The van der Waals surface area contributed by atoms with Gasteiger partial charge in [-0.15, -0.1) is 0 Å². The highest BCUT2D eigenvalue weighted by atomic mass is 32.2. The SMILES string of the molecule is Cc1ccc(NC(=O)c2c(C)c(C(=O)C(=O)N[C@]3(C)C[S@@+]([O-])C3)c3n2CCC3)cc1F. The van der Waals surface area contributed by atoms with Crippen LogP contribution in [0, 0.1) is 19.7 Å². The van der Waals surface area contributed by atoms with E-state index in [1.54, 1.807) is 37.5 Å². The molecule has 1 aromatic carbocycles.